The lowest BCUT2D eigenvalue weighted by Gasteiger charge is -2.57. The zero-order valence-electron chi connectivity index (χ0n) is 17.4. The van der Waals surface area contributed by atoms with Gasteiger partial charge in [0.15, 0.2) is 6.61 Å². The number of sulfonamides is 1. The van der Waals surface area contributed by atoms with Gasteiger partial charge in [0, 0.05) is 5.69 Å². The topological polar surface area (TPSA) is 98.5 Å². The molecule has 3 N–H and O–H groups in total. The van der Waals surface area contributed by atoms with E-state index in [4.69, 9.17) is 9.88 Å². The van der Waals surface area contributed by atoms with E-state index in [9.17, 15) is 13.2 Å². The number of carbonyl (C=O) groups excluding carboxylic acids is 1. The maximum Gasteiger partial charge on any atom is 0.262 e. The third-order valence-corrected chi connectivity index (χ3v) is 8.27. The fraction of sp³-hybridized carbons (Fsp3) is 0.458. The van der Waals surface area contributed by atoms with Gasteiger partial charge in [-0.3, -0.25) is 4.79 Å². The van der Waals surface area contributed by atoms with Crippen molar-refractivity contribution < 1.29 is 17.9 Å². The molecular formula is C24H28N2O4S. The van der Waals surface area contributed by atoms with Crippen molar-refractivity contribution in [3.05, 3.63) is 54.1 Å². The van der Waals surface area contributed by atoms with Gasteiger partial charge in [-0.2, -0.15) is 0 Å². The molecule has 2 aromatic rings. The minimum atomic E-state index is -3.75. The average Bonchev–Trinajstić information content (AvgIpc) is 2.71. The van der Waals surface area contributed by atoms with Crippen LogP contribution in [0.4, 0.5) is 5.69 Å². The first kappa shape index (κ1) is 20.5. The van der Waals surface area contributed by atoms with Crippen LogP contribution in [0.3, 0.4) is 0 Å². The molecule has 4 fully saturated rings. The Bertz CT molecular complexity index is 1040. The lowest BCUT2D eigenvalue weighted by molar-refractivity contribution is -0.118. The van der Waals surface area contributed by atoms with E-state index < -0.39 is 10.0 Å². The van der Waals surface area contributed by atoms with Gasteiger partial charge in [0.1, 0.15) is 5.75 Å². The molecule has 4 aliphatic rings. The molecule has 4 saturated carbocycles. The number of hydrogen-bond acceptors (Lipinski definition) is 4. The molecule has 0 radical (unpaired) electrons. The Morgan fingerprint density at radius 2 is 1.48 bits per heavy atom. The highest BCUT2D eigenvalue weighted by atomic mass is 32.2. The number of ether oxygens (including phenoxy) is 1. The van der Waals surface area contributed by atoms with E-state index in [1.807, 2.05) is 12.1 Å². The van der Waals surface area contributed by atoms with Gasteiger partial charge in [0.05, 0.1) is 4.90 Å². The first-order valence-corrected chi connectivity index (χ1v) is 12.5. The number of nitrogens with one attached hydrogen (secondary N) is 1. The summed E-state index contributed by atoms with van der Waals surface area (Å²) in [5, 5.41) is 7.77. The summed E-state index contributed by atoms with van der Waals surface area (Å²) < 4.78 is 28.3. The minimum absolute atomic E-state index is 0.000798. The molecule has 0 aromatic heterocycles. The summed E-state index contributed by atoms with van der Waals surface area (Å²) in [6.45, 7) is -0.117. The number of amides is 1. The monoisotopic (exact) mass is 440 g/mol. The van der Waals surface area contributed by atoms with Crippen LogP contribution in [0.1, 0.15) is 44.1 Å². The van der Waals surface area contributed by atoms with Gasteiger partial charge in [-0.05, 0) is 104 Å². The number of primary sulfonamides is 1. The molecule has 0 atom stereocenters. The number of hydrogen-bond donors (Lipinski definition) is 2. The summed E-state index contributed by atoms with van der Waals surface area (Å²) in [5.41, 5.74) is 2.27. The van der Waals surface area contributed by atoms with Gasteiger partial charge < -0.3 is 10.1 Å². The summed E-state index contributed by atoms with van der Waals surface area (Å²) in [7, 11) is -3.75. The Balaban J connectivity index is 1.18. The van der Waals surface area contributed by atoms with E-state index in [-0.39, 0.29) is 17.4 Å². The van der Waals surface area contributed by atoms with Crippen molar-refractivity contribution in [2.75, 3.05) is 11.9 Å². The van der Waals surface area contributed by atoms with E-state index in [0.29, 0.717) is 16.9 Å². The lowest BCUT2D eigenvalue weighted by atomic mass is 9.48. The third kappa shape index (κ3) is 4.21. The first-order valence-electron chi connectivity index (χ1n) is 11.0. The minimum Gasteiger partial charge on any atom is -0.484 e. The summed E-state index contributed by atoms with van der Waals surface area (Å²) >= 11 is 0. The molecule has 2 aromatic carbocycles. The van der Waals surface area contributed by atoms with Gasteiger partial charge >= 0.3 is 0 Å². The predicted octanol–water partition coefficient (Wildman–Crippen LogP) is 3.82. The molecule has 0 spiro atoms. The highest BCUT2D eigenvalue weighted by molar-refractivity contribution is 7.89. The molecule has 0 heterocycles. The maximum absolute atomic E-state index is 12.2. The van der Waals surface area contributed by atoms with Crippen molar-refractivity contribution in [3.63, 3.8) is 0 Å². The van der Waals surface area contributed by atoms with Crippen molar-refractivity contribution >= 4 is 21.6 Å². The molecular weight excluding hydrogens is 412 g/mol. The van der Waals surface area contributed by atoms with E-state index in [1.54, 1.807) is 0 Å². The molecule has 0 unspecified atom stereocenters. The predicted molar refractivity (Wildman–Crippen MR) is 118 cm³/mol. The summed E-state index contributed by atoms with van der Waals surface area (Å²) in [6, 6.07) is 14.0. The Morgan fingerprint density at radius 1 is 0.935 bits per heavy atom. The number of rotatable bonds is 6. The van der Waals surface area contributed by atoms with E-state index >= 15 is 0 Å². The molecule has 6 rings (SSSR count). The zero-order chi connectivity index (χ0) is 21.6. The van der Waals surface area contributed by atoms with Gasteiger partial charge in [0.25, 0.3) is 5.91 Å². The summed E-state index contributed by atoms with van der Waals surface area (Å²) in [5.74, 6) is 3.08. The van der Waals surface area contributed by atoms with Gasteiger partial charge in [0.2, 0.25) is 10.0 Å². The van der Waals surface area contributed by atoms with Crippen LogP contribution < -0.4 is 15.2 Å². The Hall–Kier alpha value is -2.38. The van der Waals surface area contributed by atoms with Crippen LogP contribution in [0, 0.1) is 17.8 Å². The zero-order valence-corrected chi connectivity index (χ0v) is 18.2. The normalized spacial score (nSPS) is 29.0. The lowest BCUT2D eigenvalue weighted by Crippen LogP contribution is -2.48. The van der Waals surface area contributed by atoms with Crippen molar-refractivity contribution in [2.45, 2.75) is 48.8 Å². The third-order valence-electron chi connectivity index (χ3n) is 7.34. The molecule has 1 amide bonds. The second kappa shape index (κ2) is 7.64. The van der Waals surface area contributed by atoms with Gasteiger partial charge in [-0.15, -0.1) is 0 Å². The molecule has 4 aliphatic carbocycles. The second-order valence-electron chi connectivity index (χ2n) is 9.63. The van der Waals surface area contributed by atoms with Crippen LogP contribution in [-0.4, -0.2) is 20.9 Å². The van der Waals surface area contributed by atoms with Crippen LogP contribution in [-0.2, 0) is 20.2 Å². The van der Waals surface area contributed by atoms with Crippen molar-refractivity contribution in [1.29, 1.82) is 0 Å². The fourth-order valence-electron chi connectivity index (χ4n) is 6.44. The van der Waals surface area contributed by atoms with Crippen molar-refractivity contribution in [3.8, 4) is 5.75 Å². The Kier molecular flexibility index (Phi) is 5.06. The van der Waals surface area contributed by atoms with Crippen LogP contribution in [0.5, 0.6) is 5.75 Å². The molecule has 4 bridgehead atoms. The van der Waals surface area contributed by atoms with E-state index in [1.165, 1.54) is 68.4 Å². The number of benzene rings is 2. The Labute approximate surface area is 183 Å². The first-order chi connectivity index (χ1) is 14.8. The van der Waals surface area contributed by atoms with Crippen molar-refractivity contribution in [2.24, 2.45) is 22.9 Å². The number of carbonyl (C=O) groups is 1. The molecule has 164 valence electrons. The van der Waals surface area contributed by atoms with Crippen molar-refractivity contribution in [1.82, 2.24) is 0 Å². The van der Waals surface area contributed by atoms with Crippen LogP contribution in [0.15, 0.2) is 53.4 Å². The van der Waals surface area contributed by atoms with Gasteiger partial charge in [-0.1, -0.05) is 12.1 Å². The van der Waals surface area contributed by atoms with Crippen LogP contribution >= 0.6 is 0 Å². The summed E-state index contributed by atoms with van der Waals surface area (Å²) in [4.78, 5) is 12.2. The molecule has 31 heavy (non-hydrogen) atoms. The van der Waals surface area contributed by atoms with Gasteiger partial charge in [-0.25, -0.2) is 13.6 Å². The molecule has 0 saturated heterocycles. The highest BCUT2D eigenvalue weighted by Crippen LogP contribution is 2.60. The fourth-order valence-corrected chi connectivity index (χ4v) is 6.96. The largest absolute Gasteiger partial charge is 0.484 e. The quantitative estimate of drug-likeness (QED) is 0.713. The standard InChI is InChI=1S/C24H28N2O4S/c25-31(28,29)22-7-3-20(4-8-22)26-23(27)15-30-21-5-1-19(2-6-21)24-12-16-9-17(13-24)11-18(10-16)14-24/h1-8,16-18H,9-15H2,(H,26,27)(H2,25,28,29). The van der Waals surface area contributed by atoms with E-state index in [0.717, 1.165) is 17.8 Å². The summed E-state index contributed by atoms with van der Waals surface area (Å²) in [6.07, 6.45) is 8.27. The average molecular weight is 441 g/mol. The SMILES string of the molecule is NS(=O)(=O)c1ccc(NC(=O)COc2ccc(C34CC5CC(CC(C5)C3)C4)cc2)cc1. The smallest absolute Gasteiger partial charge is 0.262 e. The maximum atomic E-state index is 12.2. The van der Waals surface area contributed by atoms with Crippen LogP contribution in [0.2, 0.25) is 0 Å². The number of nitrogens with two attached hydrogens (primary N) is 1. The molecule has 7 heteroatoms. The van der Waals surface area contributed by atoms with Crippen LogP contribution in [0.25, 0.3) is 0 Å². The second-order valence-corrected chi connectivity index (χ2v) is 11.2. The molecule has 0 aliphatic heterocycles. The highest BCUT2D eigenvalue weighted by Gasteiger charge is 2.51. The molecule has 6 nitrogen and oxygen atoms in total. The Morgan fingerprint density at radius 3 is 2.00 bits per heavy atom. The number of anilines is 1. The van der Waals surface area contributed by atoms with E-state index in [2.05, 4.69) is 17.4 Å².